The lowest BCUT2D eigenvalue weighted by atomic mass is 10.2. The third-order valence-electron chi connectivity index (χ3n) is 2.10. The van der Waals surface area contributed by atoms with Gasteiger partial charge in [0.05, 0.1) is 6.21 Å². The summed E-state index contributed by atoms with van der Waals surface area (Å²) in [4.78, 5) is 17.8. The van der Waals surface area contributed by atoms with Crippen LogP contribution in [0.4, 0.5) is 5.95 Å². The number of nitrogens with zero attached hydrogens (tertiary/aromatic N) is 2. The van der Waals surface area contributed by atoms with Crippen molar-refractivity contribution in [2.45, 2.75) is 6.92 Å². The van der Waals surface area contributed by atoms with Crippen molar-refractivity contribution < 1.29 is 0 Å². The van der Waals surface area contributed by atoms with Crippen molar-refractivity contribution in [2.24, 2.45) is 5.10 Å². The van der Waals surface area contributed by atoms with Crippen LogP contribution in [0.25, 0.3) is 0 Å². The van der Waals surface area contributed by atoms with Crippen LogP contribution in [0, 0.1) is 6.92 Å². The number of benzene rings is 1. The molecule has 2 aromatic rings. The number of aromatic amines is 1. The van der Waals surface area contributed by atoms with Crippen LogP contribution in [0.2, 0.25) is 0 Å². The van der Waals surface area contributed by atoms with Crippen molar-refractivity contribution in [3.05, 3.63) is 56.4 Å². The van der Waals surface area contributed by atoms with E-state index in [9.17, 15) is 4.79 Å². The zero-order valence-corrected chi connectivity index (χ0v) is 11.2. The molecule has 0 saturated carbocycles. The fourth-order valence-corrected chi connectivity index (χ4v) is 1.80. The van der Waals surface area contributed by atoms with E-state index in [1.807, 2.05) is 24.3 Å². The van der Waals surface area contributed by atoms with Crippen LogP contribution in [0.5, 0.6) is 0 Å². The molecular weight excluding hydrogens is 296 g/mol. The lowest BCUT2D eigenvalue weighted by molar-refractivity contribution is 1.04. The molecule has 0 spiro atoms. The second kappa shape index (κ2) is 5.59. The zero-order chi connectivity index (χ0) is 13.0. The fraction of sp³-hybridized carbons (Fsp3) is 0.0833. The van der Waals surface area contributed by atoms with Gasteiger partial charge in [0.2, 0.25) is 5.95 Å². The Morgan fingerprint density at radius 1 is 1.44 bits per heavy atom. The summed E-state index contributed by atoms with van der Waals surface area (Å²) in [6.07, 6.45) is 1.65. The molecule has 2 N–H and O–H groups in total. The first-order chi connectivity index (χ1) is 8.63. The van der Waals surface area contributed by atoms with Gasteiger partial charge in [0.25, 0.3) is 5.56 Å². The molecule has 0 atom stereocenters. The van der Waals surface area contributed by atoms with Gasteiger partial charge in [0.15, 0.2) is 0 Å². The molecule has 0 aliphatic carbocycles. The Bertz CT molecular complexity index is 636. The minimum Gasteiger partial charge on any atom is -0.291 e. The van der Waals surface area contributed by atoms with E-state index in [0.717, 1.165) is 10.0 Å². The number of aromatic nitrogens is 2. The quantitative estimate of drug-likeness (QED) is 0.675. The molecule has 18 heavy (non-hydrogen) atoms. The molecule has 1 aromatic carbocycles. The Hall–Kier alpha value is -1.95. The van der Waals surface area contributed by atoms with E-state index in [0.29, 0.717) is 11.6 Å². The molecule has 5 nitrogen and oxygen atoms in total. The smallest absolute Gasteiger partial charge is 0.252 e. The van der Waals surface area contributed by atoms with E-state index in [4.69, 9.17) is 0 Å². The van der Waals surface area contributed by atoms with Crippen LogP contribution in [0.15, 0.2) is 44.7 Å². The first kappa shape index (κ1) is 12.5. The monoisotopic (exact) mass is 306 g/mol. The van der Waals surface area contributed by atoms with Gasteiger partial charge in [-0.1, -0.05) is 28.1 Å². The van der Waals surface area contributed by atoms with Gasteiger partial charge in [-0.2, -0.15) is 5.10 Å². The lowest BCUT2D eigenvalue weighted by Crippen LogP contribution is -2.10. The molecule has 0 fully saturated rings. The first-order valence-corrected chi connectivity index (χ1v) is 6.05. The summed E-state index contributed by atoms with van der Waals surface area (Å²) in [5.74, 6) is 0.325. The average Bonchev–Trinajstić information content (AvgIpc) is 2.27. The summed E-state index contributed by atoms with van der Waals surface area (Å²) in [5, 5.41) is 4.01. The molecule has 0 aliphatic heterocycles. The highest BCUT2D eigenvalue weighted by Gasteiger charge is 1.95. The minimum atomic E-state index is -0.206. The molecule has 6 heteroatoms. The van der Waals surface area contributed by atoms with Crippen molar-refractivity contribution in [3.8, 4) is 0 Å². The van der Waals surface area contributed by atoms with Crippen molar-refractivity contribution in [1.29, 1.82) is 0 Å². The summed E-state index contributed by atoms with van der Waals surface area (Å²) >= 11 is 3.38. The van der Waals surface area contributed by atoms with Crippen LogP contribution < -0.4 is 11.0 Å². The van der Waals surface area contributed by atoms with Crippen molar-refractivity contribution in [2.75, 3.05) is 5.43 Å². The maximum atomic E-state index is 11.2. The largest absolute Gasteiger partial charge is 0.291 e. The molecule has 2 rings (SSSR count). The average molecular weight is 307 g/mol. The number of hydrogen-bond acceptors (Lipinski definition) is 4. The van der Waals surface area contributed by atoms with Crippen molar-refractivity contribution >= 4 is 28.1 Å². The Morgan fingerprint density at radius 3 is 3.00 bits per heavy atom. The predicted octanol–water partition coefficient (Wildman–Crippen LogP) is 2.29. The summed E-state index contributed by atoms with van der Waals surface area (Å²) < 4.78 is 0.980. The van der Waals surface area contributed by atoms with E-state index in [2.05, 4.69) is 36.4 Å². The van der Waals surface area contributed by atoms with Crippen molar-refractivity contribution in [3.63, 3.8) is 0 Å². The Labute approximate surface area is 112 Å². The van der Waals surface area contributed by atoms with E-state index in [-0.39, 0.29) is 5.56 Å². The number of rotatable bonds is 3. The molecule has 1 aromatic heterocycles. The van der Waals surface area contributed by atoms with Gasteiger partial charge in [-0.3, -0.25) is 9.78 Å². The lowest BCUT2D eigenvalue weighted by Gasteiger charge is -1.99. The number of anilines is 1. The summed E-state index contributed by atoms with van der Waals surface area (Å²) in [7, 11) is 0. The molecule has 0 bridgehead atoms. The Kier molecular flexibility index (Phi) is 3.88. The van der Waals surface area contributed by atoms with Gasteiger partial charge < -0.3 is 0 Å². The third kappa shape index (κ3) is 3.53. The fourth-order valence-electron chi connectivity index (χ4n) is 1.39. The maximum absolute atomic E-state index is 11.2. The van der Waals surface area contributed by atoms with E-state index in [1.54, 1.807) is 13.1 Å². The van der Waals surface area contributed by atoms with E-state index >= 15 is 0 Å². The molecule has 0 saturated heterocycles. The zero-order valence-electron chi connectivity index (χ0n) is 9.64. The highest BCUT2D eigenvalue weighted by molar-refractivity contribution is 9.10. The molecule has 0 radical (unpaired) electrons. The van der Waals surface area contributed by atoms with Crippen LogP contribution in [0.1, 0.15) is 11.3 Å². The van der Waals surface area contributed by atoms with Gasteiger partial charge in [-0.25, -0.2) is 10.4 Å². The maximum Gasteiger partial charge on any atom is 0.252 e. The van der Waals surface area contributed by atoms with Crippen LogP contribution in [0.3, 0.4) is 0 Å². The SMILES string of the molecule is Cc1cc(=O)[nH]c(N/N=C\c2cccc(Br)c2)n1. The summed E-state index contributed by atoms with van der Waals surface area (Å²) in [6, 6.07) is 9.12. The van der Waals surface area contributed by atoms with E-state index < -0.39 is 0 Å². The molecule has 0 aliphatic rings. The second-order valence-electron chi connectivity index (χ2n) is 3.66. The molecular formula is C12H11BrN4O. The highest BCUT2D eigenvalue weighted by Crippen LogP contribution is 2.09. The van der Waals surface area contributed by atoms with Gasteiger partial charge in [0.1, 0.15) is 0 Å². The number of hydrogen-bond donors (Lipinski definition) is 2. The van der Waals surface area contributed by atoms with E-state index in [1.165, 1.54) is 6.07 Å². The van der Waals surface area contributed by atoms with Gasteiger partial charge >= 0.3 is 0 Å². The number of H-pyrrole nitrogens is 1. The standard InChI is InChI=1S/C12H11BrN4O/c1-8-5-11(18)16-12(15-8)17-14-7-9-3-2-4-10(13)6-9/h2-7H,1H3,(H2,15,16,17,18)/b14-7-. The van der Waals surface area contributed by atoms with Crippen LogP contribution >= 0.6 is 15.9 Å². The molecule has 1 heterocycles. The minimum absolute atomic E-state index is 0.206. The normalized spacial score (nSPS) is 10.8. The summed E-state index contributed by atoms with van der Waals surface area (Å²) in [5.41, 5.74) is 4.05. The number of aryl methyl sites for hydroxylation is 1. The van der Waals surface area contributed by atoms with Gasteiger partial charge in [0, 0.05) is 16.2 Å². The van der Waals surface area contributed by atoms with Crippen LogP contribution in [-0.2, 0) is 0 Å². The predicted molar refractivity (Wildman–Crippen MR) is 75.0 cm³/mol. The van der Waals surface area contributed by atoms with Gasteiger partial charge in [-0.15, -0.1) is 0 Å². The molecule has 0 unspecified atom stereocenters. The third-order valence-corrected chi connectivity index (χ3v) is 2.60. The Balaban J connectivity index is 2.09. The Morgan fingerprint density at radius 2 is 2.28 bits per heavy atom. The molecule has 92 valence electrons. The topological polar surface area (TPSA) is 70.1 Å². The number of nitrogens with one attached hydrogen (secondary N) is 2. The van der Waals surface area contributed by atoms with Crippen LogP contribution in [-0.4, -0.2) is 16.2 Å². The number of hydrazone groups is 1. The molecule has 0 amide bonds. The summed E-state index contributed by atoms with van der Waals surface area (Å²) in [6.45, 7) is 1.75. The van der Waals surface area contributed by atoms with Gasteiger partial charge in [-0.05, 0) is 24.6 Å². The van der Waals surface area contributed by atoms with Crippen molar-refractivity contribution in [1.82, 2.24) is 9.97 Å². The highest BCUT2D eigenvalue weighted by atomic mass is 79.9. The first-order valence-electron chi connectivity index (χ1n) is 5.26. The number of halogens is 1. The second-order valence-corrected chi connectivity index (χ2v) is 4.58.